The predicted octanol–water partition coefficient (Wildman–Crippen LogP) is -0.0445. The monoisotopic (exact) mass is 232 g/mol. The van der Waals surface area contributed by atoms with Crippen LogP contribution >= 0.6 is 11.8 Å². The Balaban J connectivity index is 2.17. The van der Waals surface area contributed by atoms with Gasteiger partial charge in [-0.1, -0.05) is 0 Å². The lowest BCUT2D eigenvalue weighted by Crippen LogP contribution is -2.43. The van der Waals surface area contributed by atoms with Crippen molar-refractivity contribution in [3.8, 4) is 0 Å². The smallest absolute Gasteiger partial charge is 0.236 e. The number of nitrogens with one attached hydrogen (secondary N) is 1. The zero-order valence-corrected chi connectivity index (χ0v) is 9.98. The van der Waals surface area contributed by atoms with Crippen LogP contribution in [-0.4, -0.2) is 42.2 Å². The molecule has 88 valence electrons. The van der Waals surface area contributed by atoms with Crippen molar-refractivity contribution in [1.82, 2.24) is 5.32 Å². The Bertz CT molecular complexity index is 219. The fraction of sp³-hybridized carbons (Fsp3) is 0.900. The Kier molecular flexibility index (Phi) is 4.89. The van der Waals surface area contributed by atoms with Gasteiger partial charge in [-0.2, -0.15) is 11.8 Å². The molecule has 0 aliphatic heterocycles. The number of thioether (sulfide) groups is 1. The number of nitrogens with two attached hydrogens (primary N) is 1. The number of hydrogen-bond donors (Lipinski definition) is 3. The van der Waals surface area contributed by atoms with E-state index in [2.05, 4.69) is 5.32 Å². The molecule has 5 heteroatoms. The molecule has 1 amide bonds. The van der Waals surface area contributed by atoms with Gasteiger partial charge in [0.15, 0.2) is 0 Å². The SMILES string of the molecule is CSCC[C@H](N)C(=O)NCC1(CO)CC1. The van der Waals surface area contributed by atoms with E-state index in [0.29, 0.717) is 13.0 Å². The Labute approximate surface area is 95.0 Å². The molecule has 0 aromatic rings. The first-order chi connectivity index (χ1) is 7.13. The molecule has 1 aliphatic carbocycles. The van der Waals surface area contributed by atoms with Crippen molar-refractivity contribution in [2.24, 2.45) is 11.1 Å². The first kappa shape index (κ1) is 12.8. The van der Waals surface area contributed by atoms with Gasteiger partial charge < -0.3 is 16.2 Å². The highest BCUT2D eigenvalue weighted by atomic mass is 32.2. The third-order valence-electron chi connectivity index (χ3n) is 2.90. The third kappa shape index (κ3) is 4.01. The summed E-state index contributed by atoms with van der Waals surface area (Å²) in [6.45, 7) is 0.725. The number of rotatable bonds is 7. The minimum absolute atomic E-state index is 0.0329. The van der Waals surface area contributed by atoms with E-state index in [-0.39, 0.29) is 17.9 Å². The number of carbonyl (C=O) groups excluding carboxylic acids is 1. The van der Waals surface area contributed by atoms with Gasteiger partial charge in [0, 0.05) is 12.0 Å². The van der Waals surface area contributed by atoms with E-state index < -0.39 is 6.04 Å². The lowest BCUT2D eigenvalue weighted by Gasteiger charge is -2.15. The molecule has 1 fully saturated rings. The predicted molar refractivity (Wildman–Crippen MR) is 62.7 cm³/mol. The number of amides is 1. The maximum Gasteiger partial charge on any atom is 0.236 e. The molecular formula is C10H20N2O2S. The zero-order chi connectivity index (χ0) is 11.3. The molecule has 4 nitrogen and oxygen atoms in total. The first-order valence-corrected chi connectivity index (χ1v) is 6.66. The second-order valence-corrected chi connectivity index (χ2v) is 5.25. The fourth-order valence-electron chi connectivity index (χ4n) is 1.35. The van der Waals surface area contributed by atoms with Crippen molar-refractivity contribution >= 4 is 17.7 Å². The van der Waals surface area contributed by atoms with Gasteiger partial charge >= 0.3 is 0 Å². The standard InChI is InChI=1S/C10H20N2O2S/c1-15-5-2-8(11)9(14)12-6-10(7-13)3-4-10/h8,13H,2-7,11H2,1H3,(H,12,14)/t8-/m0/s1. The summed E-state index contributed by atoms with van der Waals surface area (Å²) in [7, 11) is 0. The third-order valence-corrected chi connectivity index (χ3v) is 3.54. The van der Waals surface area contributed by atoms with Gasteiger partial charge in [-0.05, 0) is 31.3 Å². The van der Waals surface area contributed by atoms with Crippen molar-refractivity contribution in [3.63, 3.8) is 0 Å². The summed E-state index contributed by atoms with van der Waals surface area (Å²) in [5.41, 5.74) is 5.67. The lowest BCUT2D eigenvalue weighted by molar-refractivity contribution is -0.122. The highest BCUT2D eigenvalue weighted by Gasteiger charge is 2.42. The molecule has 0 spiro atoms. The summed E-state index contributed by atoms with van der Waals surface area (Å²) in [4.78, 5) is 11.5. The van der Waals surface area contributed by atoms with Gasteiger partial charge in [0.05, 0.1) is 12.6 Å². The highest BCUT2D eigenvalue weighted by molar-refractivity contribution is 7.98. The van der Waals surface area contributed by atoms with Crippen LogP contribution in [0.5, 0.6) is 0 Å². The van der Waals surface area contributed by atoms with E-state index in [9.17, 15) is 4.79 Å². The average molecular weight is 232 g/mol. The molecule has 0 aromatic heterocycles. The summed E-state index contributed by atoms with van der Waals surface area (Å²) in [5, 5.41) is 11.9. The number of aliphatic hydroxyl groups excluding tert-OH is 1. The van der Waals surface area contributed by atoms with E-state index in [0.717, 1.165) is 18.6 Å². The Morgan fingerprint density at radius 2 is 2.33 bits per heavy atom. The van der Waals surface area contributed by atoms with Crippen molar-refractivity contribution < 1.29 is 9.90 Å². The Hall–Kier alpha value is -0.260. The molecule has 4 N–H and O–H groups in total. The lowest BCUT2D eigenvalue weighted by atomic mass is 10.1. The van der Waals surface area contributed by atoms with Crippen LogP contribution in [0.1, 0.15) is 19.3 Å². The average Bonchev–Trinajstić information content (AvgIpc) is 3.03. The van der Waals surface area contributed by atoms with Crippen LogP contribution in [0.15, 0.2) is 0 Å². The molecule has 1 atom stereocenters. The van der Waals surface area contributed by atoms with E-state index in [1.165, 1.54) is 0 Å². The number of aliphatic hydroxyl groups is 1. The minimum atomic E-state index is -0.410. The molecule has 0 aromatic carbocycles. The molecule has 0 heterocycles. The summed E-state index contributed by atoms with van der Waals surface area (Å²) in [6.07, 6.45) is 4.71. The second kappa shape index (κ2) is 5.72. The highest BCUT2D eigenvalue weighted by Crippen LogP contribution is 2.44. The molecule has 15 heavy (non-hydrogen) atoms. The topological polar surface area (TPSA) is 75.4 Å². The Morgan fingerprint density at radius 1 is 1.67 bits per heavy atom. The molecule has 0 bridgehead atoms. The van der Waals surface area contributed by atoms with Crippen LogP contribution in [0.3, 0.4) is 0 Å². The van der Waals surface area contributed by atoms with Crippen LogP contribution < -0.4 is 11.1 Å². The molecule has 0 unspecified atom stereocenters. The van der Waals surface area contributed by atoms with Crippen molar-refractivity contribution in [3.05, 3.63) is 0 Å². The molecular weight excluding hydrogens is 212 g/mol. The molecule has 0 radical (unpaired) electrons. The molecule has 1 rings (SSSR count). The van der Waals surface area contributed by atoms with E-state index in [1.54, 1.807) is 11.8 Å². The normalized spacial score (nSPS) is 19.7. The van der Waals surface area contributed by atoms with Crippen LogP contribution in [0.25, 0.3) is 0 Å². The van der Waals surface area contributed by atoms with Crippen molar-refractivity contribution in [1.29, 1.82) is 0 Å². The quantitative estimate of drug-likeness (QED) is 0.575. The van der Waals surface area contributed by atoms with Crippen molar-refractivity contribution in [2.75, 3.05) is 25.2 Å². The van der Waals surface area contributed by atoms with Crippen LogP contribution in [-0.2, 0) is 4.79 Å². The molecule has 1 aliphatic rings. The second-order valence-electron chi connectivity index (χ2n) is 4.26. The molecule has 1 saturated carbocycles. The van der Waals surface area contributed by atoms with Gasteiger partial charge in [-0.25, -0.2) is 0 Å². The van der Waals surface area contributed by atoms with Gasteiger partial charge in [0.1, 0.15) is 0 Å². The first-order valence-electron chi connectivity index (χ1n) is 5.27. The van der Waals surface area contributed by atoms with E-state index >= 15 is 0 Å². The minimum Gasteiger partial charge on any atom is -0.396 e. The summed E-state index contributed by atoms with van der Waals surface area (Å²) < 4.78 is 0. The van der Waals surface area contributed by atoms with E-state index in [1.807, 2.05) is 6.26 Å². The summed E-state index contributed by atoms with van der Waals surface area (Å²) in [5.74, 6) is 0.809. The number of hydrogen-bond acceptors (Lipinski definition) is 4. The van der Waals surface area contributed by atoms with Crippen LogP contribution in [0.4, 0.5) is 0 Å². The maximum atomic E-state index is 11.5. The maximum absolute atomic E-state index is 11.5. The van der Waals surface area contributed by atoms with Gasteiger partial charge in [-0.15, -0.1) is 0 Å². The van der Waals surface area contributed by atoms with Crippen molar-refractivity contribution in [2.45, 2.75) is 25.3 Å². The van der Waals surface area contributed by atoms with Gasteiger partial charge in [0.25, 0.3) is 0 Å². The zero-order valence-electron chi connectivity index (χ0n) is 9.16. The largest absolute Gasteiger partial charge is 0.396 e. The van der Waals surface area contributed by atoms with Crippen LogP contribution in [0, 0.1) is 5.41 Å². The van der Waals surface area contributed by atoms with Gasteiger partial charge in [0.2, 0.25) is 5.91 Å². The van der Waals surface area contributed by atoms with Gasteiger partial charge in [-0.3, -0.25) is 4.79 Å². The fourth-order valence-corrected chi connectivity index (χ4v) is 1.84. The molecule has 0 saturated heterocycles. The number of carbonyl (C=O) groups is 1. The van der Waals surface area contributed by atoms with Crippen LogP contribution in [0.2, 0.25) is 0 Å². The summed E-state index contributed by atoms with van der Waals surface area (Å²) in [6, 6.07) is -0.410. The summed E-state index contributed by atoms with van der Waals surface area (Å²) >= 11 is 1.69. The Morgan fingerprint density at radius 3 is 2.80 bits per heavy atom. The van der Waals surface area contributed by atoms with E-state index in [4.69, 9.17) is 10.8 Å².